The molecule has 7 heteroatoms. The van der Waals surface area contributed by atoms with Crippen LogP contribution in [0, 0.1) is 5.82 Å². The molecule has 0 atom stereocenters. The predicted octanol–water partition coefficient (Wildman–Crippen LogP) is 6.74. The monoisotopic (exact) mass is 481 g/mol. The van der Waals surface area contributed by atoms with E-state index in [9.17, 15) is 4.39 Å². The first-order chi connectivity index (χ1) is 14.7. The number of aromatic nitrogens is 1. The van der Waals surface area contributed by atoms with Gasteiger partial charge < -0.3 is 4.74 Å². The van der Waals surface area contributed by atoms with Crippen LogP contribution in [0.5, 0.6) is 5.75 Å². The van der Waals surface area contributed by atoms with Crippen LogP contribution in [0.25, 0.3) is 11.3 Å². The van der Waals surface area contributed by atoms with Gasteiger partial charge in [-0.05, 0) is 42.0 Å². The quantitative estimate of drug-likeness (QED) is 0.235. The van der Waals surface area contributed by atoms with Gasteiger partial charge in [0.25, 0.3) is 0 Å². The SMILES string of the molecule is Fc1ccc(COc2ccccc2/C=N/Nc2nc(-c3ccc(Br)cc3)cs2)cc1. The predicted molar refractivity (Wildman–Crippen MR) is 124 cm³/mol. The van der Waals surface area contributed by atoms with Gasteiger partial charge >= 0.3 is 0 Å². The van der Waals surface area contributed by atoms with Crippen molar-refractivity contribution in [3.05, 3.63) is 99.6 Å². The molecule has 1 N–H and O–H groups in total. The van der Waals surface area contributed by atoms with Crippen molar-refractivity contribution in [2.75, 3.05) is 5.43 Å². The Balaban J connectivity index is 1.40. The maximum absolute atomic E-state index is 13.0. The Bertz CT molecular complexity index is 1140. The van der Waals surface area contributed by atoms with E-state index in [1.54, 1.807) is 18.3 Å². The number of hydrogen-bond acceptors (Lipinski definition) is 5. The zero-order valence-corrected chi connectivity index (χ0v) is 18.2. The molecular weight excluding hydrogens is 465 g/mol. The Kier molecular flexibility index (Phi) is 6.51. The van der Waals surface area contributed by atoms with Crippen LogP contribution in [0.2, 0.25) is 0 Å². The number of anilines is 1. The third-order valence-corrected chi connectivity index (χ3v) is 5.51. The molecule has 0 amide bonds. The fourth-order valence-electron chi connectivity index (χ4n) is 2.70. The number of hydrogen-bond donors (Lipinski definition) is 1. The second-order valence-corrected chi connectivity index (χ2v) is 8.14. The first-order valence-electron chi connectivity index (χ1n) is 9.14. The summed E-state index contributed by atoms with van der Waals surface area (Å²) in [5, 5.41) is 6.99. The lowest BCUT2D eigenvalue weighted by Gasteiger charge is -2.09. The number of para-hydroxylation sites is 1. The van der Waals surface area contributed by atoms with Crippen LogP contribution < -0.4 is 10.2 Å². The molecule has 4 nitrogen and oxygen atoms in total. The van der Waals surface area contributed by atoms with Crippen LogP contribution in [0.3, 0.4) is 0 Å². The first-order valence-corrected chi connectivity index (χ1v) is 10.8. The third kappa shape index (κ3) is 5.31. The summed E-state index contributed by atoms with van der Waals surface area (Å²) in [4.78, 5) is 4.56. The molecule has 0 radical (unpaired) electrons. The summed E-state index contributed by atoms with van der Waals surface area (Å²) in [6, 6.07) is 21.9. The minimum Gasteiger partial charge on any atom is -0.488 e. The molecule has 0 aliphatic rings. The van der Waals surface area contributed by atoms with Gasteiger partial charge in [-0.1, -0.05) is 52.3 Å². The van der Waals surface area contributed by atoms with Crippen molar-refractivity contribution in [3.8, 4) is 17.0 Å². The fraction of sp³-hybridized carbons (Fsp3) is 0.0435. The Morgan fingerprint density at radius 3 is 2.60 bits per heavy atom. The van der Waals surface area contributed by atoms with E-state index in [-0.39, 0.29) is 5.82 Å². The summed E-state index contributed by atoms with van der Waals surface area (Å²) in [5.74, 6) is 0.435. The van der Waals surface area contributed by atoms with Gasteiger partial charge in [0, 0.05) is 21.0 Å². The van der Waals surface area contributed by atoms with Gasteiger partial charge in [0.2, 0.25) is 5.13 Å². The molecule has 0 aliphatic heterocycles. The number of halogens is 2. The van der Waals surface area contributed by atoms with Crippen LogP contribution in [0.4, 0.5) is 9.52 Å². The molecule has 30 heavy (non-hydrogen) atoms. The summed E-state index contributed by atoms with van der Waals surface area (Å²) in [7, 11) is 0. The topological polar surface area (TPSA) is 46.5 Å². The highest BCUT2D eigenvalue weighted by Crippen LogP contribution is 2.26. The molecule has 0 aliphatic carbocycles. The molecule has 4 aromatic rings. The van der Waals surface area contributed by atoms with Gasteiger partial charge in [-0.3, -0.25) is 5.43 Å². The lowest BCUT2D eigenvalue weighted by molar-refractivity contribution is 0.305. The average molecular weight is 482 g/mol. The van der Waals surface area contributed by atoms with Crippen molar-refractivity contribution in [2.24, 2.45) is 5.10 Å². The molecule has 1 heterocycles. The summed E-state index contributed by atoms with van der Waals surface area (Å²) >= 11 is 4.92. The fourth-order valence-corrected chi connectivity index (χ4v) is 3.63. The van der Waals surface area contributed by atoms with Crippen molar-refractivity contribution >= 4 is 38.6 Å². The minimum absolute atomic E-state index is 0.261. The highest BCUT2D eigenvalue weighted by atomic mass is 79.9. The normalized spacial score (nSPS) is 11.0. The van der Waals surface area contributed by atoms with Gasteiger partial charge in [-0.2, -0.15) is 5.10 Å². The molecule has 0 spiro atoms. The lowest BCUT2D eigenvalue weighted by Crippen LogP contribution is -1.99. The van der Waals surface area contributed by atoms with Gasteiger partial charge in [0.15, 0.2) is 0 Å². The minimum atomic E-state index is -0.261. The molecule has 4 rings (SSSR count). The van der Waals surface area contributed by atoms with Gasteiger partial charge in [0.05, 0.1) is 11.9 Å². The highest BCUT2D eigenvalue weighted by Gasteiger charge is 2.05. The molecule has 0 fully saturated rings. The molecule has 0 saturated carbocycles. The number of nitrogens with zero attached hydrogens (tertiary/aromatic N) is 2. The number of thiazole rings is 1. The molecule has 0 saturated heterocycles. The van der Waals surface area contributed by atoms with E-state index < -0.39 is 0 Å². The van der Waals surface area contributed by atoms with Crippen LogP contribution in [0.15, 0.2) is 87.8 Å². The maximum Gasteiger partial charge on any atom is 0.203 e. The first kappa shape index (κ1) is 20.3. The second kappa shape index (κ2) is 9.65. The van der Waals surface area contributed by atoms with Crippen LogP contribution in [-0.2, 0) is 6.61 Å². The molecular formula is C23H17BrFN3OS. The lowest BCUT2D eigenvalue weighted by atomic mass is 10.2. The Morgan fingerprint density at radius 1 is 1.03 bits per heavy atom. The zero-order chi connectivity index (χ0) is 20.8. The Hall–Kier alpha value is -3.03. The van der Waals surface area contributed by atoms with E-state index in [4.69, 9.17) is 4.74 Å². The van der Waals surface area contributed by atoms with Gasteiger partial charge in [-0.15, -0.1) is 11.3 Å². The van der Waals surface area contributed by atoms with E-state index in [2.05, 4.69) is 31.4 Å². The molecule has 150 valence electrons. The summed E-state index contributed by atoms with van der Waals surface area (Å²) < 4.78 is 19.9. The second-order valence-electron chi connectivity index (χ2n) is 6.37. The number of hydrazone groups is 1. The van der Waals surface area contributed by atoms with Crippen LogP contribution in [0.1, 0.15) is 11.1 Å². The molecule has 3 aromatic carbocycles. The van der Waals surface area contributed by atoms with E-state index in [0.29, 0.717) is 17.5 Å². The summed E-state index contributed by atoms with van der Waals surface area (Å²) in [5.41, 5.74) is 6.64. The smallest absolute Gasteiger partial charge is 0.203 e. The van der Waals surface area contributed by atoms with E-state index in [0.717, 1.165) is 26.9 Å². The molecule has 1 aromatic heterocycles. The van der Waals surface area contributed by atoms with Crippen molar-refractivity contribution < 1.29 is 9.13 Å². The number of rotatable bonds is 7. The Labute approximate surface area is 186 Å². The maximum atomic E-state index is 13.0. The standard InChI is InChI=1S/C23H17BrFN3OS/c24-19-9-7-17(8-10-19)21-15-30-23(27-21)28-26-13-18-3-1-2-4-22(18)29-14-16-5-11-20(25)12-6-16/h1-13,15H,14H2,(H,27,28)/b26-13+. The molecule has 0 bridgehead atoms. The van der Waals surface area contributed by atoms with E-state index in [1.165, 1.54) is 23.5 Å². The van der Waals surface area contributed by atoms with Crippen molar-refractivity contribution in [2.45, 2.75) is 6.61 Å². The number of ether oxygens (including phenoxy) is 1. The largest absolute Gasteiger partial charge is 0.488 e. The highest BCUT2D eigenvalue weighted by molar-refractivity contribution is 9.10. The van der Waals surface area contributed by atoms with Crippen LogP contribution >= 0.6 is 27.3 Å². The van der Waals surface area contributed by atoms with E-state index in [1.807, 2.05) is 53.9 Å². The average Bonchev–Trinajstić information content (AvgIpc) is 3.23. The van der Waals surface area contributed by atoms with Crippen molar-refractivity contribution in [1.29, 1.82) is 0 Å². The summed E-state index contributed by atoms with van der Waals surface area (Å²) in [6.45, 7) is 0.349. The summed E-state index contributed by atoms with van der Waals surface area (Å²) in [6.07, 6.45) is 1.70. The van der Waals surface area contributed by atoms with Gasteiger partial charge in [-0.25, -0.2) is 9.37 Å². The van der Waals surface area contributed by atoms with Crippen LogP contribution in [-0.4, -0.2) is 11.2 Å². The number of nitrogens with one attached hydrogen (secondary N) is 1. The van der Waals surface area contributed by atoms with Crippen molar-refractivity contribution in [1.82, 2.24) is 4.98 Å². The Morgan fingerprint density at radius 2 is 1.80 bits per heavy atom. The van der Waals surface area contributed by atoms with Gasteiger partial charge in [0.1, 0.15) is 18.2 Å². The number of benzene rings is 3. The third-order valence-electron chi connectivity index (χ3n) is 4.23. The molecule has 0 unspecified atom stereocenters. The van der Waals surface area contributed by atoms with Crippen molar-refractivity contribution in [3.63, 3.8) is 0 Å². The van der Waals surface area contributed by atoms with E-state index >= 15 is 0 Å². The zero-order valence-electron chi connectivity index (χ0n) is 15.8.